The van der Waals surface area contributed by atoms with Gasteiger partial charge in [-0.1, -0.05) is 164 Å². The molecule has 4 nitrogen and oxygen atoms in total. The summed E-state index contributed by atoms with van der Waals surface area (Å²) in [5, 5.41) is 11.6. The van der Waals surface area contributed by atoms with Crippen LogP contribution in [0.5, 0.6) is 0 Å². The van der Waals surface area contributed by atoms with Crippen LogP contribution in [0.3, 0.4) is 0 Å². The lowest BCUT2D eigenvalue weighted by Gasteiger charge is -2.18. The summed E-state index contributed by atoms with van der Waals surface area (Å²) in [5.41, 5.74) is 12.4. The minimum atomic E-state index is 0.543. The molecular weight excluding hydrogens is 657 g/mol. The molecule has 0 fully saturated rings. The Morgan fingerprint density at radius 1 is 0.296 bits per heavy atom. The summed E-state index contributed by atoms with van der Waals surface area (Å²) in [5.74, 6) is 1.70. The Bertz CT molecular complexity index is 2790. The van der Waals surface area contributed by atoms with Crippen molar-refractivity contribution in [1.29, 1.82) is 5.26 Å². The molecule has 8 aromatic carbocycles. The van der Waals surface area contributed by atoms with Crippen LogP contribution in [-0.2, 0) is 0 Å². The maximum atomic E-state index is 9.46. The van der Waals surface area contributed by atoms with Gasteiger partial charge in [-0.25, -0.2) is 15.0 Å². The van der Waals surface area contributed by atoms with Crippen LogP contribution in [-0.4, -0.2) is 15.0 Å². The third-order valence-corrected chi connectivity index (χ3v) is 9.82. The molecule has 0 spiro atoms. The second kappa shape index (κ2) is 14.3. The molecule has 9 aromatic rings. The van der Waals surface area contributed by atoms with Gasteiger partial charge in [0.2, 0.25) is 0 Å². The molecule has 0 amide bonds. The van der Waals surface area contributed by atoms with E-state index in [4.69, 9.17) is 15.0 Å². The van der Waals surface area contributed by atoms with Gasteiger partial charge in [-0.15, -0.1) is 0 Å². The monoisotopic (exact) mass is 688 g/mol. The Kier molecular flexibility index (Phi) is 8.57. The Balaban J connectivity index is 1.23. The first-order valence-electron chi connectivity index (χ1n) is 17.9. The van der Waals surface area contributed by atoms with Crippen LogP contribution in [0.25, 0.3) is 89.4 Å². The molecule has 0 saturated carbocycles. The molecule has 0 atom stereocenters. The van der Waals surface area contributed by atoms with Crippen LogP contribution in [0.2, 0.25) is 0 Å². The highest BCUT2D eigenvalue weighted by Crippen LogP contribution is 2.43. The topological polar surface area (TPSA) is 62.5 Å². The zero-order chi connectivity index (χ0) is 36.3. The lowest BCUT2D eigenvalue weighted by molar-refractivity contribution is 1.08. The fraction of sp³-hybridized carbons (Fsp3) is 0. The molecule has 0 aliphatic heterocycles. The SMILES string of the molecule is N#Cc1ccc(-c2nc(-c3ccc(-c4ccccc4)cc3)nc(-c3ccc(-c4cccc(-c5ccccc5)c4-c4ccccc4)c4ccccc34)n2)cc1. The molecule has 4 heteroatoms. The van der Waals surface area contributed by atoms with Crippen LogP contribution in [0.4, 0.5) is 0 Å². The van der Waals surface area contributed by atoms with Crippen molar-refractivity contribution in [2.75, 3.05) is 0 Å². The van der Waals surface area contributed by atoms with Crippen LogP contribution < -0.4 is 0 Å². The van der Waals surface area contributed by atoms with E-state index in [1.807, 2.05) is 30.3 Å². The zero-order valence-corrected chi connectivity index (χ0v) is 29.3. The molecule has 0 aliphatic rings. The predicted octanol–water partition coefficient (Wildman–Crippen LogP) is 12.6. The van der Waals surface area contributed by atoms with Gasteiger partial charge in [0, 0.05) is 16.7 Å². The molecule has 0 aliphatic carbocycles. The molecule has 0 N–H and O–H groups in total. The van der Waals surface area contributed by atoms with Gasteiger partial charge in [-0.2, -0.15) is 5.26 Å². The van der Waals surface area contributed by atoms with Gasteiger partial charge >= 0.3 is 0 Å². The van der Waals surface area contributed by atoms with E-state index in [9.17, 15) is 5.26 Å². The lowest BCUT2D eigenvalue weighted by Crippen LogP contribution is -2.01. The molecular formula is C50H32N4. The fourth-order valence-corrected chi connectivity index (χ4v) is 7.17. The molecule has 0 unspecified atom stereocenters. The number of hydrogen-bond donors (Lipinski definition) is 0. The Morgan fingerprint density at radius 3 is 1.35 bits per heavy atom. The average molecular weight is 689 g/mol. The van der Waals surface area contributed by atoms with Gasteiger partial charge < -0.3 is 0 Å². The highest BCUT2D eigenvalue weighted by atomic mass is 15.0. The number of benzene rings is 8. The standard InChI is InChI=1S/C50H32N4/c51-33-34-23-25-39(26-24-34)48-52-49(40-29-27-36(28-30-40)35-13-4-1-5-14-35)54-50(53-48)46-32-31-44(42-19-10-11-20-43(42)46)45-22-12-21-41(37-15-6-2-7-16-37)47(45)38-17-8-3-9-18-38/h1-32H. The third-order valence-electron chi connectivity index (χ3n) is 9.82. The molecule has 252 valence electrons. The summed E-state index contributed by atoms with van der Waals surface area (Å²) in [6.07, 6.45) is 0. The van der Waals surface area contributed by atoms with E-state index in [0.717, 1.165) is 55.3 Å². The number of hydrogen-bond acceptors (Lipinski definition) is 4. The molecule has 0 saturated heterocycles. The van der Waals surface area contributed by atoms with Crippen molar-refractivity contribution < 1.29 is 0 Å². The van der Waals surface area contributed by atoms with E-state index in [1.54, 1.807) is 12.1 Å². The van der Waals surface area contributed by atoms with Gasteiger partial charge in [0.15, 0.2) is 17.5 Å². The molecule has 1 heterocycles. The number of nitriles is 1. The molecule has 0 bridgehead atoms. The summed E-state index contributed by atoms with van der Waals surface area (Å²) in [7, 11) is 0. The first kappa shape index (κ1) is 32.4. The highest BCUT2D eigenvalue weighted by Gasteiger charge is 2.19. The number of aromatic nitrogens is 3. The summed E-state index contributed by atoms with van der Waals surface area (Å²) in [6.45, 7) is 0. The first-order valence-corrected chi connectivity index (χ1v) is 17.9. The van der Waals surface area contributed by atoms with E-state index in [0.29, 0.717) is 23.0 Å². The first-order chi connectivity index (χ1) is 26.7. The smallest absolute Gasteiger partial charge is 0.164 e. The van der Waals surface area contributed by atoms with Crippen molar-refractivity contribution in [1.82, 2.24) is 15.0 Å². The third kappa shape index (κ3) is 6.21. The van der Waals surface area contributed by atoms with Crippen molar-refractivity contribution in [3.63, 3.8) is 0 Å². The molecule has 1 aromatic heterocycles. The number of nitrogens with zero attached hydrogens (tertiary/aromatic N) is 4. The second-order valence-corrected chi connectivity index (χ2v) is 13.1. The largest absolute Gasteiger partial charge is 0.208 e. The normalized spacial score (nSPS) is 10.9. The minimum Gasteiger partial charge on any atom is -0.208 e. The predicted molar refractivity (Wildman–Crippen MR) is 220 cm³/mol. The molecule has 9 rings (SSSR count). The minimum absolute atomic E-state index is 0.543. The van der Waals surface area contributed by atoms with Crippen molar-refractivity contribution in [3.05, 3.63) is 200 Å². The van der Waals surface area contributed by atoms with Crippen LogP contribution in [0, 0.1) is 11.3 Å². The summed E-state index contributed by atoms with van der Waals surface area (Å²) in [6, 6.07) is 68.9. The van der Waals surface area contributed by atoms with E-state index >= 15 is 0 Å². The van der Waals surface area contributed by atoms with E-state index in [-0.39, 0.29) is 0 Å². The zero-order valence-electron chi connectivity index (χ0n) is 29.3. The van der Waals surface area contributed by atoms with Crippen LogP contribution >= 0.6 is 0 Å². The van der Waals surface area contributed by atoms with Gasteiger partial charge in [-0.3, -0.25) is 0 Å². The Hall–Kier alpha value is -7.48. The van der Waals surface area contributed by atoms with E-state index in [1.165, 1.54) is 16.7 Å². The summed E-state index contributed by atoms with van der Waals surface area (Å²) in [4.78, 5) is 15.2. The van der Waals surface area contributed by atoms with Crippen molar-refractivity contribution in [2.45, 2.75) is 0 Å². The van der Waals surface area contributed by atoms with Crippen molar-refractivity contribution in [2.24, 2.45) is 0 Å². The maximum absolute atomic E-state index is 9.46. The fourth-order valence-electron chi connectivity index (χ4n) is 7.17. The summed E-state index contributed by atoms with van der Waals surface area (Å²) >= 11 is 0. The van der Waals surface area contributed by atoms with E-state index in [2.05, 4.69) is 158 Å². The van der Waals surface area contributed by atoms with Gasteiger partial charge in [0.25, 0.3) is 0 Å². The van der Waals surface area contributed by atoms with Crippen LogP contribution in [0.15, 0.2) is 194 Å². The van der Waals surface area contributed by atoms with Gasteiger partial charge in [0.05, 0.1) is 11.6 Å². The van der Waals surface area contributed by atoms with Gasteiger partial charge in [-0.05, 0) is 85.6 Å². The quantitative estimate of drug-likeness (QED) is 0.167. The second-order valence-electron chi connectivity index (χ2n) is 13.1. The summed E-state index contributed by atoms with van der Waals surface area (Å²) < 4.78 is 0. The molecule has 0 radical (unpaired) electrons. The molecule has 54 heavy (non-hydrogen) atoms. The van der Waals surface area contributed by atoms with Crippen molar-refractivity contribution in [3.8, 4) is 84.7 Å². The highest BCUT2D eigenvalue weighted by molar-refractivity contribution is 6.08. The average Bonchev–Trinajstić information content (AvgIpc) is 3.26. The number of fused-ring (bicyclic) bond motifs is 1. The van der Waals surface area contributed by atoms with Crippen LogP contribution in [0.1, 0.15) is 5.56 Å². The number of rotatable bonds is 7. The van der Waals surface area contributed by atoms with Gasteiger partial charge in [0.1, 0.15) is 0 Å². The van der Waals surface area contributed by atoms with E-state index < -0.39 is 0 Å². The van der Waals surface area contributed by atoms with Crippen molar-refractivity contribution >= 4 is 10.8 Å². The lowest BCUT2D eigenvalue weighted by atomic mass is 9.85. The Labute approximate surface area is 314 Å². The Morgan fingerprint density at radius 2 is 0.741 bits per heavy atom. The maximum Gasteiger partial charge on any atom is 0.164 e.